The van der Waals surface area contributed by atoms with Crippen molar-refractivity contribution in [1.29, 1.82) is 0 Å². The summed E-state index contributed by atoms with van der Waals surface area (Å²) in [5.74, 6) is 0.791. The van der Waals surface area contributed by atoms with Crippen LogP contribution in [0, 0.1) is 0 Å². The largest absolute Gasteiger partial charge is 0.414 e. The molecule has 0 spiro atoms. The minimum atomic E-state index is 0.202. The molecule has 142 valence electrons. The van der Waals surface area contributed by atoms with Crippen LogP contribution in [-0.2, 0) is 0 Å². The van der Waals surface area contributed by atoms with Crippen molar-refractivity contribution >= 4 is 24.3 Å². The molecule has 0 saturated heterocycles. The van der Waals surface area contributed by atoms with Gasteiger partial charge in [0.1, 0.15) is 0 Å². The van der Waals surface area contributed by atoms with Crippen LogP contribution in [-0.4, -0.2) is 26.9 Å². The fourth-order valence-corrected chi connectivity index (χ4v) is 2.96. The quantitative estimate of drug-likeness (QED) is 0.497. The first kappa shape index (κ1) is 18.2. The van der Waals surface area contributed by atoms with Crippen molar-refractivity contribution in [2.24, 2.45) is 4.99 Å². The van der Waals surface area contributed by atoms with Gasteiger partial charge in [0.15, 0.2) is 11.5 Å². The highest BCUT2D eigenvalue weighted by Gasteiger charge is 2.18. The van der Waals surface area contributed by atoms with Gasteiger partial charge in [-0.05, 0) is 25.8 Å². The summed E-state index contributed by atoms with van der Waals surface area (Å²) < 4.78 is 5.79. The summed E-state index contributed by atoms with van der Waals surface area (Å²) in [5, 5.41) is 8.20. The number of allylic oxidation sites excluding steroid dienone is 1. The topological polar surface area (TPSA) is 103 Å². The van der Waals surface area contributed by atoms with E-state index in [1.165, 1.54) is 0 Å². The summed E-state index contributed by atoms with van der Waals surface area (Å²) in [4.78, 5) is 13.1. The maximum atomic E-state index is 6.05. The number of aliphatic imine (C=N–C) groups is 1. The van der Waals surface area contributed by atoms with Crippen molar-refractivity contribution in [3.05, 3.63) is 66.4 Å². The Morgan fingerprint density at radius 2 is 1.83 bits per heavy atom. The predicted molar refractivity (Wildman–Crippen MR) is 115 cm³/mol. The highest BCUT2D eigenvalue weighted by Crippen LogP contribution is 2.34. The molecule has 29 heavy (non-hydrogen) atoms. The molecule has 0 aliphatic rings. The van der Waals surface area contributed by atoms with Crippen LogP contribution in [0.5, 0.6) is 0 Å². The third kappa shape index (κ3) is 3.53. The van der Waals surface area contributed by atoms with Gasteiger partial charge >= 0.3 is 0 Å². The van der Waals surface area contributed by atoms with Crippen LogP contribution in [0.25, 0.3) is 40.4 Å². The summed E-state index contributed by atoms with van der Waals surface area (Å²) >= 11 is 0. The standard InChI is InChI=1S/C22H18N6O/c1-3-8-14-11-7-12-16(18(14)24-2)17-13-25-20(23)19(26-17)22-28-27-21(29-22)15-9-5-4-6-10-15/h3-13H,2H2,1H3,(H2,23,25)/b8-3-. The number of nitrogen functional groups attached to an aromatic ring is 1. The lowest BCUT2D eigenvalue weighted by Gasteiger charge is -2.09. The highest BCUT2D eigenvalue weighted by molar-refractivity contribution is 5.83. The molecule has 0 fully saturated rings. The van der Waals surface area contributed by atoms with Gasteiger partial charge in [-0.2, -0.15) is 0 Å². The lowest BCUT2D eigenvalue weighted by Crippen LogP contribution is -1.99. The minimum absolute atomic E-state index is 0.202. The zero-order chi connectivity index (χ0) is 20.2. The molecule has 0 amide bonds. The molecule has 0 aliphatic carbocycles. The molecule has 2 aromatic carbocycles. The van der Waals surface area contributed by atoms with E-state index in [2.05, 4.69) is 31.9 Å². The van der Waals surface area contributed by atoms with Crippen molar-refractivity contribution in [2.45, 2.75) is 6.92 Å². The molecule has 7 heteroatoms. The average molecular weight is 382 g/mol. The van der Waals surface area contributed by atoms with Crippen LogP contribution in [0.2, 0.25) is 0 Å². The SMILES string of the molecule is C=Nc1c(/C=C\C)cccc1-c1cnc(N)c(-c2nnc(-c3ccccc3)o2)n1. The molecule has 2 heterocycles. The van der Waals surface area contributed by atoms with Crippen molar-refractivity contribution < 1.29 is 4.42 Å². The lowest BCUT2D eigenvalue weighted by atomic mass is 10.0. The fraction of sp³-hybridized carbons (Fsp3) is 0.0455. The van der Waals surface area contributed by atoms with E-state index in [4.69, 9.17) is 10.2 Å². The summed E-state index contributed by atoms with van der Waals surface area (Å²) in [5.41, 5.74) is 10.2. The molecule has 4 aromatic rings. The first-order valence-electron chi connectivity index (χ1n) is 8.96. The average Bonchev–Trinajstić information content (AvgIpc) is 3.25. The Labute approximate surface area is 167 Å². The number of nitrogens with zero attached hydrogens (tertiary/aromatic N) is 5. The van der Waals surface area contributed by atoms with Gasteiger partial charge in [-0.3, -0.25) is 4.99 Å². The van der Waals surface area contributed by atoms with Crippen molar-refractivity contribution in [2.75, 3.05) is 5.73 Å². The number of nitrogens with two attached hydrogens (primary N) is 1. The highest BCUT2D eigenvalue weighted by atomic mass is 16.4. The molecule has 0 radical (unpaired) electrons. The van der Waals surface area contributed by atoms with Gasteiger partial charge in [0, 0.05) is 16.7 Å². The third-order valence-electron chi connectivity index (χ3n) is 4.30. The Balaban J connectivity index is 1.80. The van der Waals surface area contributed by atoms with Crippen LogP contribution in [0.3, 0.4) is 0 Å². The van der Waals surface area contributed by atoms with E-state index in [0.29, 0.717) is 23.0 Å². The number of hydrogen-bond acceptors (Lipinski definition) is 7. The maximum absolute atomic E-state index is 6.05. The maximum Gasteiger partial charge on any atom is 0.270 e. The van der Waals surface area contributed by atoms with Gasteiger partial charge in [-0.25, -0.2) is 9.97 Å². The van der Waals surface area contributed by atoms with Crippen LogP contribution in [0.15, 0.2) is 70.2 Å². The van der Waals surface area contributed by atoms with Gasteiger partial charge < -0.3 is 10.2 Å². The van der Waals surface area contributed by atoms with E-state index in [1.54, 1.807) is 6.20 Å². The zero-order valence-corrected chi connectivity index (χ0v) is 15.8. The second-order valence-electron chi connectivity index (χ2n) is 6.17. The molecular formula is C22H18N6O. The fourth-order valence-electron chi connectivity index (χ4n) is 2.96. The predicted octanol–water partition coefficient (Wildman–Crippen LogP) is 4.81. The van der Waals surface area contributed by atoms with Crippen molar-refractivity contribution in [1.82, 2.24) is 20.2 Å². The molecule has 4 rings (SSSR count). The number of rotatable bonds is 5. The Morgan fingerprint density at radius 3 is 2.59 bits per heavy atom. The van der Waals surface area contributed by atoms with Gasteiger partial charge in [0.25, 0.3) is 5.89 Å². The minimum Gasteiger partial charge on any atom is -0.414 e. The second kappa shape index (κ2) is 7.85. The summed E-state index contributed by atoms with van der Waals surface area (Å²) in [6, 6.07) is 15.3. The Hall–Kier alpha value is -4.13. The van der Waals surface area contributed by atoms with Crippen LogP contribution >= 0.6 is 0 Å². The van der Waals surface area contributed by atoms with Gasteiger partial charge in [-0.15, -0.1) is 10.2 Å². The number of benzene rings is 2. The lowest BCUT2D eigenvalue weighted by molar-refractivity contribution is 0.582. The number of hydrogen-bond donors (Lipinski definition) is 1. The number of anilines is 1. The summed E-state index contributed by atoms with van der Waals surface area (Å²) in [7, 11) is 0. The van der Waals surface area contributed by atoms with Gasteiger partial charge in [0.05, 0.1) is 17.6 Å². The van der Waals surface area contributed by atoms with Crippen LogP contribution in [0.4, 0.5) is 11.5 Å². The number of para-hydroxylation sites is 1. The van der Waals surface area contributed by atoms with Crippen molar-refractivity contribution in [3.63, 3.8) is 0 Å². The molecule has 2 aromatic heterocycles. The molecule has 0 atom stereocenters. The van der Waals surface area contributed by atoms with Gasteiger partial charge in [0.2, 0.25) is 5.89 Å². The van der Waals surface area contributed by atoms with Crippen molar-refractivity contribution in [3.8, 4) is 34.3 Å². The van der Waals surface area contributed by atoms with Crippen LogP contribution < -0.4 is 5.73 Å². The molecule has 2 N–H and O–H groups in total. The van der Waals surface area contributed by atoms with E-state index < -0.39 is 0 Å². The van der Waals surface area contributed by atoms with E-state index in [9.17, 15) is 0 Å². The molecule has 0 saturated carbocycles. The Bertz CT molecular complexity index is 1200. The van der Waals surface area contributed by atoms with E-state index in [-0.39, 0.29) is 11.7 Å². The molecular weight excluding hydrogens is 364 g/mol. The summed E-state index contributed by atoms with van der Waals surface area (Å²) in [6.45, 7) is 5.64. The first-order valence-corrected chi connectivity index (χ1v) is 8.96. The first-order chi connectivity index (χ1) is 14.2. The zero-order valence-electron chi connectivity index (χ0n) is 15.8. The molecule has 7 nitrogen and oxygen atoms in total. The van der Waals surface area contributed by atoms with E-state index >= 15 is 0 Å². The number of aromatic nitrogens is 4. The molecule has 0 bridgehead atoms. The van der Waals surface area contributed by atoms with E-state index in [1.807, 2.05) is 67.6 Å². The smallest absolute Gasteiger partial charge is 0.270 e. The molecule has 0 unspecified atom stereocenters. The van der Waals surface area contributed by atoms with Gasteiger partial charge in [-0.1, -0.05) is 48.6 Å². The molecule has 0 aliphatic heterocycles. The van der Waals surface area contributed by atoms with E-state index in [0.717, 1.165) is 16.7 Å². The Kier molecular flexibility index (Phi) is 4.94. The Morgan fingerprint density at radius 1 is 1.03 bits per heavy atom. The monoisotopic (exact) mass is 382 g/mol. The normalized spacial score (nSPS) is 11.1. The third-order valence-corrected chi connectivity index (χ3v) is 4.30. The second-order valence-corrected chi connectivity index (χ2v) is 6.17. The summed E-state index contributed by atoms with van der Waals surface area (Å²) in [6.07, 6.45) is 5.50. The van der Waals surface area contributed by atoms with Crippen LogP contribution in [0.1, 0.15) is 12.5 Å².